The summed E-state index contributed by atoms with van der Waals surface area (Å²) in [7, 11) is 1.65. The molecule has 0 unspecified atom stereocenters. The van der Waals surface area contributed by atoms with Crippen molar-refractivity contribution in [1.29, 1.82) is 0 Å². The summed E-state index contributed by atoms with van der Waals surface area (Å²) in [5, 5.41) is 8.73. The predicted molar refractivity (Wildman–Crippen MR) is 136 cm³/mol. The molecular formula is C27H30N6O2. The Morgan fingerprint density at radius 2 is 1.89 bits per heavy atom. The van der Waals surface area contributed by atoms with Gasteiger partial charge in [-0.2, -0.15) is 0 Å². The highest BCUT2D eigenvalue weighted by atomic mass is 16.5. The number of ether oxygens (including phenoxy) is 1. The largest absolute Gasteiger partial charge is 0.497 e. The van der Waals surface area contributed by atoms with Gasteiger partial charge in [0.25, 0.3) is 0 Å². The quantitative estimate of drug-likeness (QED) is 0.454. The Balaban J connectivity index is 1.32. The number of hydrogen-bond acceptors (Lipinski definition) is 6. The van der Waals surface area contributed by atoms with Crippen molar-refractivity contribution in [3.63, 3.8) is 0 Å². The number of methoxy groups -OCH3 is 1. The zero-order valence-electron chi connectivity index (χ0n) is 20.3. The van der Waals surface area contributed by atoms with Crippen LogP contribution in [0.2, 0.25) is 0 Å². The van der Waals surface area contributed by atoms with Gasteiger partial charge in [0.05, 0.1) is 30.1 Å². The molecule has 1 amide bonds. The lowest BCUT2D eigenvalue weighted by atomic mass is 9.96. The number of benzene rings is 2. The summed E-state index contributed by atoms with van der Waals surface area (Å²) in [5.41, 5.74) is 3.87. The van der Waals surface area contributed by atoms with Gasteiger partial charge in [0.15, 0.2) is 5.65 Å². The summed E-state index contributed by atoms with van der Waals surface area (Å²) >= 11 is 0. The molecule has 0 saturated carbocycles. The van der Waals surface area contributed by atoms with Gasteiger partial charge in [0.1, 0.15) is 17.9 Å². The van der Waals surface area contributed by atoms with Gasteiger partial charge in [-0.15, -0.1) is 5.10 Å². The van der Waals surface area contributed by atoms with E-state index in [2.05, 4.69) is 44.3 Å². The molecule has 180 valence electrons. The van der Waals surface area contributed by atoms with Crippen molar-refractivity contribution < 1.29 is 9.53 Å². The lowest BCUT2D eigenvalue weighted by Gasteiger charge is -2.33. The standard InChI is InChI=1S/C27H30N6O2/c1-18-6-10-22(11-7-18)33-16-24-25(31-33)28-17-29-26(24)32-14-4-5-21(15-32)27(34)30-19(2)20-8-12-23(35-3)13-9-20/h6-13,16-17,19,21H,4-5,14-15H2,1-3H3,(H,30,34)/t19-,21+/m0/s1. The number of hydrogen-bond donors (Lipinski definition) is 1. The van der Waals surface area contributed by atoms with Gasteiger partial charge < -0.3 is 15.0 Å². The van der Waals surface area contributed by atoms with E-state index in [1.54, 1.807) is 13.4 Å². The Hall–Kier alpha value is -3.94. The molecule has 0 aliphatic carbocycles. The van der Waals surface area contributed by atoms with Gasteiger partial charge in [-0.05, 0) is 56.5 Å². The van der Waals surface area contributed by atoms with Crippen LogP contribution in [0.3, 0.4) is 0 Å². The number of anilines is 1. The zero-order valence-corrected chi connectivity index (χ0v) is 20.3. The summed E-state index contributed by atoms with van der Waals surface area (Å²) in [5.74, 6) is 1.59. The third kappa shape index (κ3) is 4.82. The Morgan fingerprint density at radius 1 is 1.11 bits per heavy atom. The maximum Gasteiger partial charge on any atom is 0.225 e. The van der Waals surface area contributed by atoms with E-state index in [4.69, 9.17) is 4.74 Å². The number of nitrogens with zero attached hydrogens (tertiary/aromatic N) is 5. The van der Waals surface area contributed by atoms with E-state index in [0.717, 1.165) is 47.6 Å². The molecule has 35 heavy (non-hydrogen) atoms. The average molecular weight is 471 g/mol. The molecule has 8 heteroatoms. The van der Waals surface area contributed by atoms with Crippen LogP contribution in [0.1, 0.15) is 36.9 Å². The van der Waals surface area contributed by atoms with Crippen molar-refractivity contribution >= 4 is 22.8 Å². The molecule has 1 fully saturated rings. The molecule has 1 N–H and O–H groups in total. The van der Waals surface area contributed by atoms with Crippen LogP contribution in [-0.4, -0.2) is 45.9 Å². The molecule has 2 atom stereocenters. The van der Waals surface area contributed by atoms with Crippen LogP contribution in [0.5, 0.6) is 5.75 Å². The van der Waals surface area contributed by atoms with E-state index in [9.17, 15) is 4.79 Å². The fourth-order valence-electron chi connectivity index (χ4n) is 4.60. The first-order chi connectivity index (χ1) is 17.0. The molecule has 4 aromatic rings. The highest BCUT2D eigenvalue weighted by Gasteiger charge is 2.29. The first kappa shape index (κ1) is 22.8. The first-order valence-electron chi connectivity index (χ1n) is 12.0. The van der Waals surface area contributed by atoms with E-state index in [1.165, 1.54) is 5.56 Å². The summed E-state index contributed by atoms with van der Waals surface area (Å²) in [6.45, 7) is 5.53. The van der Waals surface area contributed by atoms with Crippen LogP contribution >= 0.6 is 0 Å². The molecule has 3 heterocycles. The fourth-order valence-corrected chi connectivity index (χ4v) is 4.60. The van der Waals surface area contributed by atoms with E-state index in [0.29, 0.717) is 12.2 Å². The second kappa shape index (κ2) is 9.74. The van der Waals surface area contributed by atoms with Gasteiger partial charge >= 0.3 is 0 Å². The topological polar surface area (TPSA) is 85.2 Å². The van der Waals surface area contributed by atoms with E-state index >= 15 is 0 Å². The minimum atomic E-state index is -0.110. The molecule has 1 aliphatic heterocycles. The van der Waals surface area contributed by atoms with Gasteiger partial charge in [-0.1, -0.05) is 29.8 Å². The first-order valence-corrected chi connectivity index (χ1v) is 12.0. The maximum atomic E-state index is 13.2. The van der Waals surface area contributed by atoms with Crippen molar-refractivity contribution in [1.82, 2.24) is 25.1 Å². The van der Waals surface area contributed by atoms with Crippen molar-refractivity contribution in [2.45, 2.75) is 32.7 Å². The van der Waals surface area contributed by atoms with Gasteiger partial charge in [0, 0.05) is 19.3 Å². The Labute approximate surface area is 205 Å². The normalized spacial score (nSPS) is 16.8. The molecule has 5 rings (SSSR count). The Bertz CT molecular complexity index is 1320. The second-order valence-electron chi connectivity index (χ2n) is 9.13. The molecule has 1 saturated heterocycles. The number of fused-ring (bicyclic) bond motifs is 1. The SMILES string of the molecule is COc1ccc([C@H](C)NC(=O)[C@@H]2CCCN(c3ncnc4nn(-c5ccc(C)cc5)cc34)C2)cc1. The number of carbonyl (C=O) groups is 1. The summed E-state index contributed by atoms with van der Waals surface area (Å²) in [4.78, 5) is 24.3. The number of amides is 1. The smallest absolute Gasteiger partial charge is 0.225 e. The summed E-state index contributed by atoms with van der Waals surface area (Å²) < 4.78 is 7.07. The highest BCUT2D eigenvalue weighted by molar-refractivity contribution is 5.87. The van der Waals surface area contributed by atoms with Gasteiger partial charge in [-0.3, -0.25) is 4.79 Å². The van der Waals surface area contributed by atoms with E-state index < -0.39 is 0 Å². The number of aryl methyl sites for hydroxylation is 1. The monoisotopic (exact) mass is 470 g/mol. The number of rotatable bonds is 6. The van der Waals surface area contributed by atoms with Crippen LogP contribution in [-0.2, 0) is 4.79 Å². The minimum Gasteiger partial charge on any atom is -0.497 e. The van der Waals surface area contributed by atoms with Crippen molar-refractivity contribution in [3.05, 3.63) is 72.2 Å². The summed E-state index contributed by atoms with van der Waals surface area (Å²) in [6.07, 6.45) is 5.31. The molecule has 2 aromatic carbocycles. The van der Waals surface area contributed by atoms with Gasteiger partial charge in [0.2, 0.25) is 5.91 Å². The van der Waals surface area contributed by atoms with Crippen molar-refractivity contribution in [2.24, 2.45) is 5.92 Å². The Kier molecular flexibility index (Phi) is 6.35. The highest BCUT2D eigenvalue weighted by Crippen LogP contribution is 2.28. The molecule has 0 radical (unpaired) electrons. The van der Waals surface area contributed by atoms with Crippen LogP contribution in [0.15, 0.2) is 61.1 Å². The molecular weight excluding hydrogens is 440 g/mol. The predicted octanol–water partition coefficient (Wildman–Crippen LogP) is 4.23. The maximum absolute atomic E-state index is 13.2. The van der Waals surface area contributed by atoms with Crippen LogP contribution in [0, 0.1) is 12.8 Å². The number of aromatic nitrogens is 4. The average Bonchev–Trinajstić information content (AvgIpc) is 3.33. The molecule has 0 spiro atoms. The molecule has 1 aliphatic rings. The number of carbonyl (C=O) groups excluding carboxylic acids is 1. The number of nitrogens with one attached hydrogen (secondary N) is 1. The Morgan fingerprint density at radius 3 is 2.63 bits per heavy atom. The summed E-state index contributed by atoms with van der Waals surface area (Å²) in [6, 6.07) is 15.9. The zero-order chi connectivity index (χ0) is 24.4. The van der Waals surface area contributed by atoms with Crippen molar-refractivity contribution in [3.8, 4) is 11.4 Å². The van der Waals surface area contributed by atoms with Crippen LogP contribution in [0.25, 0.3) is 16.7 Å². The minimum absolute atomic E-state index is 0.0682. The fraction of sp³-hybridized carbons (Fsp3) is 0.333. The molecule has 2 aromatic heterocycles. The van der Waals surface area contributed by atoms with Crippen molar-refractivity contribution in [2.75, 3.05) is 25.1 Å². The van der Waals surface area contributed by atoms with E-state index in [1.807, 2.05) is 54.2 Å². The second-order valence-corrected chi connectivity index (χ2v) is 9.13. The van der Waals surface area contributed by atoms with Crippen LogP contribution < -0.4 is 15.0 Å². The van der Waals surface area contributed by atoms with Crippen LogP contribution in [0.4, 0.5) is 5.82 Å². The molecule has 8 nitrogen and oxygen atoms in total. The van der Waals surface area contributed by atoms with Gasteiger partial charge in [-0.25, -0.2) is 14.6 Å². The van der Waals surface area contributed by atoms with E-state index in [-0.39, 0.29) is 17.9 Å². The molecule has 0 bridgehead atoms. The number of piperidine rings is 1. The third-order valence-electron chi connectivity index (χ3n) is 6.66. The lowest BCUT2D eigenvalue weighted by molar-refractivity contribution is -0.125. The lowest BCUT2D eigenvalue weighted by Crippen LogP contribution is -2.44. The third-order valence-corrected chi connectivity index (χ3v) is 6.66.